The van der Waals surface area contributed by atoms with E-state index in [9.17, 15) is 9.59 Å². The standard InChI is InChI=1S/C22H24ClN3O4S/c1-13-18(24-20(31-13)14-4-6-15(23)7-5-14)17-16(12-22(2,3)25-19(17)27)30-21(28)26-8-10-29-11-9-26/h4-7H,8-12H2,1-3H3,(H,25,27). The maximum atomic E-state index is 13.1. The van der Waals surface area contributed by atoms with Crippen LogP contribution in [0.2, 0.25) is 5.02 Å². The first kappa shape index (κ1) is 21.8. The van der Waals surface area contributed by atoms with Gasteiger partial charge in [-0.1, -0.05) is 23.7 Å². The van der Waals surface area contributed by atoms with Crippen LogP contribution < -0.4 is 5.32 Å². The highest BCUT2D eigenvalue weighted by atomic mass is 35.5. The van der Waals surface area contributed by atoms with E-state index in [1.807, 2.05) is 32.9 Å². The number of carbonyl (C=O) groups is 2. The summed E-state index contributed by atoms with van der Waals surface area (Å²) in [5.41, 5.74) is 1.22. The van der Waals surface area contributed by atoms with E-state index in [0.29, 0.717) is 54.8 Å². The summed E-state index contributed by atoms with van der Waals surface area (Å²) in [4.78, 5) is 33.0. The van der Waals surface area contributed by atoms with Gasteiger partial charge in [0.05, 0.1) is 18.9 Å². The third-order valence-electron chi connectivity index (χ3n) is 5.16. The fourth-order valence-corrected chi connectivity index (χ4v) is 4.67. The summed E-state index contributed by atoms with van der Waals surface area (Å²) < 4.78 is 11.1. The first-order chi connectivity index (χ1) is 14.7. The molecule has 0 saturated carbocycles. The van der Waals surface area contributed by atoms with Gasteiger partial charge in [-0.25, -0.2) is 9.78 Å². The van der Waals surface area contributed by atoms with Crippen molar-refractivity contribution < 1.29 is 19.1 Å². The Morgan fingerprint density at radius 3 is 2.61 bits per heavy atom. The highest BCUT2D eigenvalue weighted by Crippen LogP contribution is 2.37. The van der Waals surface area contributed by atoms with Crippen LogP contribution in [0.25, 0.3) is 16.1 Å². The number of nitrogens with zero attached hydrogens (tertiary/aromatic N) is 2. The highest BCUT2D eigenvalue weighted by Gasteiger charge is 2.37. The van der Waals surface area contributed by atoms with Crippen molar-refractivity contribution in [2.45, 2.75) is 32.7 Å². The number of carbonyl (C=O) groups excluding carboxylic acids is 2. The Morgan fingerprint density at radius 1 is 1.26 bits per heavy atom. The van der Waals surface area contributed by atoms with Crippen LogP contribution in [0, 0.1) is 6.92 Å². The molecule has 1 N–H and O–H groups in total. The van der Waals surface area contributed by atoms with Crippen molar-refractivity contribution >= 4 is 40.5 Å². The molecule has 4 rings (SSSR count). The molecule has 164 valence electrons. The van der Waals surface area contributed by atoms with Crippen molar-refractivity contribution in [3.8, 4) is 10.6 Å². The minimum absolute atomic E-state index is 0.294. The fraction of sp³-hybridized carbons (Fsp3) is 0.409. The number of hydrogen-bond acceptors (Lipinski definition) is 6. The summed E-state index contributed by atoms with van der Waals surface area (Å²) in [6.45, 7) is 7.59. The Labute approximate surface area is 190 Å². The monoisotopic (exact) mass is 461 g/mol. The average Bonchev–Trinajstić information content (AvgIpc) is 3.09. The molecular formula is C22H24ClN3O4S. The van der Waals surface area contributed by atoms with Crippen LogP contribution in [-0.4, -0.2) is 53.7 Å². The lowest BCUT2D eigenvalue weighted by atomic mass is 9.91. The van der Waals surface area contributed by atoms with Gasteiger partial charge in [0.2, 0.25) is 0 Å². The molecule has 0 spiro atoms. The van der Waals surface area contributed by atoms with Crippen LogP contribution in [0.1, 0.15) is 30.8 Å². The van der Waals surface area contributed by atoms with E-state index in [1.54, 1.807) is 17.0 Å². The summed E-state index contributed by atoms with van der Waals surface area (Å²) >= 11 is 7.48. The zero-order valence-electron chi connectivity index (χ0n) is 17.7. The molecular weight excluding hydrogens is 438 g/mol. The number of aromatic nitrogens is 1. The number of hydrogen-bond donors (Lipinski definition) is 1. The first-order valence-electron chi connectivity index (χ1n) is 10.1. The molecule has 0 atom stereocenters. The van der Waals surface area contributed by atoms with E-state index in [4.69, 9.17) is 26.1 Å². The van der Waals surface area contributed by atoms with E-state index in [0.717, 1.165) is 15.4 Å². The molecule has 0 radical (unpaired) electrons. The Bertz CT molecular complexity index is 1040. The van der Waals surface area contributed by atoms with Crippen molar-refractivity contribution in [1.82, 2.24) is 15.2 Å². The summed E-state index contributed by atoms with van der Waals surface area (Å²) in [7, 11) is 0. The number of amides is 2. The highest BCUT2D eigenvalue weighted by molar-refractivity contribution is 7.15. The number of aryl methyl sites for hydroxylation is 1. The Hall–Kier alpha value is -2.42. The largest absolute Gasteiger partial charge is 0.415 e. The van der Waals surface area contributed by atoms with Gasteiger partial charge < -0.3 is 19.7 Å². The van der Waals surface area contributed by atoms with Crippen LogP contribution in [0.4, 0.5) is 4.79 Å². The number of morpholine rings is 1. The van der Waals surface area contributed by atoms with Gasteiger partial charge in [-0.15, -0.1) is 11.3 Å². The van der Waals surface area contributed by atoms with E-state index in [2.05, 4.69) is 5.32 Å². The molecule has 31 heavy (non-hydrogen) atoms. The Balaban J connectivity index is 1.72. The maximum absolute atomic E-state index is 13.1. The minimum atomic E-state index is -0.538. The number of thiazole rings is 1. The van der Waals surface area contributed by atoms with Gasteiger partial charge in [0.1, 0.15) is 16.3 Å². The third-order valence-corrected chi connectivity index (χ3v) is 6.44. The first-order valence-corrected chi connectivity index (χ1v) is 11.3. The summed E-state index contributed by atoms with van der Waals surface area (Å²) in [6, 6.07) is 7.39. The summed E-state index contributed by atoms with van der Waals surface area (Å²) in [6.07, 6.45) is -0.0793. The molecule has 9 heteroatoms. The number of ether oxygens (including phenoxy) is 2. The third kappa shape index (κ3) is 4.76. The summed E-state index contributed by atoms with van der Waals surface area (Å²) in [5, 5.41) is 4.41. The van der Waals surface area contributed by atoms with Crippen molar-refractivity contribution in [3.63, 3.8) is 0 Å². The average molecular weight is 462 g/mol. The smallest absolute Gasteiger partial charge is 0.414 e. The fourth-order valence-electron chi connectivity index (χ4n) is 3.62. The Kier molecular flexibility index (Phi) is 6.05. The molecule has 3 heterocycles. The topological polar surface area (TPSA) is 80.8 Å². The van der Waals surface area contributed by atoms with Crippen molar-refractivity contribution in [2.24, 2.45) is 0 Å². The van der Waals surface area contributed by atoms with Crippen LogP contribution in [0.3, 0.4) is 0 Å². The van der Waals surface area contributed by atoms with Gasteiger partial charge >= 0.3 is 6.09 Å². The predicted molar refractivity (Wildman–Crippen MR) is 120 cm³/mol. The Morgan fingerprint density at radius 2 is 1.94 bits per heavy atom. The predicted octanol–water partition coefficient (Wildman–Crippen LogP) is 4.25. The van der Waals surface area contributed by atoms with Gasteiger partial charge in [0.25, 0.3) is 5.91 Å². The molecule has 1 aromatic carbocycles. The molecule has 7 nitrogen and oxygen atoms in total. The lowest BCUT2D eigenvalue weighted by molar-refractivity contribution is -0.117. The van der Waals surface area contributed by atoms with E-state index >= 15 is 0 Å². The minimum Gasteiger partial charge on any atom is -0.414 e. The number of halogens is 1. The zero-order valence-corrected chi connectivity index (χ0v) is 19.2. The van der Waals surface area contributed by atoms with Crippen LogP contribution in [0.15, 0.2) is 30.0 Å². The van der Waals surface area contributed by atoms with E-state index < -0.39 is 11.6 Å². The number of benzene rings is 1. The second-order valence-electron chi connectivity index (χ2n) is 8.21. The van der Waals surface area contributed by atoms with Crippen LogP contribution >= 0.6 is 22.9 Å². The second-order valence-corrected chi connectivity index (χ2v) is 9.85. The zero-order chi connectivity index (χ0) is 22.2. The molecule has 0 unspecified atom stereocenters. The number of nitrogens with one attached hydrogen (secondary N) is 1. The van der Waals surface area contributed by atoms with Crippen LogP contribution in [0.5, 0.6) is 0 Å². The maximum Gasteiger partial charge on any atom is 0.415 e. The molecule has 0 aliphatic carbocycles. The molecule has 1 fully saturated rings. The molecule has 2 aliphatic heterocycles. The van der Waals surface area contributed by atoms with Crippen molar-refractivity contribution in [2.75, 3.05) is 26.3 Å². The molecule has 1 aromatic heterocycles. The van der Waals surface area contributed by atoms with Gasteiger partial charge in [-0.3, -0.25) is 4.79 Å². The molecule has 2 aliphatic rings. The van der Waals surface area contributed by atoms with Crippen molar-refractivity contribution in [1.29, 1.82) is 0 Å². The molecule has 2 aromatic rings. The molecule has 2 amide bonds. The lowest BCUT2D eigenvalue weighted by Crippen LogP contribution is -2.49. The quantitative estimate of drug-likeness (QED) is 0.739. The van der Waals surface area contributed by atoms with Gasteiger partial charge in [-0.2, -0.15) is 0 Å². The summed E-state index contributed by atoms with van der Waals surface area (Å²) in [5.74, 6) is 0.0541. The van der Waals surface area contributed by atoms with Gasteiger partial charge in [0.15, 0.2) is 0 Å². The van der Waals surface area contributed by atoms with E-state index in [1.165, 1.54) is 11.3 Å². The van der Waals surface area contributed by atoms with Crippen LogP contribution in [-0.2, 0) is 14.3 Å². The van der Waals surface area contributed by atoms with Crippen molar-refractivity contribution in [3.05, 3.63) is 45.6 Å². The normalized spacial score (nSPS) is 18.7. The van der Waals surface area contributed by atoms with Gasteiger partial charge in [-0.05, 0) is 32.9 Å². The van der Waals surface area contributed by atoms with E-state index in [-0.39, 0.29) is 5.91 Å². The lowest BCUT2D eigenvalue weighted by Gasteiger charge is -2.34. The second kappa shape index (κ2) is 8.61. The molecule has 1 saturated heterocycles. The SMILES string of the molecule is Cc1sc(-c2ccc(Cl)cc2)nc1C1=C(OC(=O)N2CCOCC2)CC(C)(C)NC1=O. The molecule has 0 bridgehead atoms. The number of rotatable bonds is 3. The van der Waals surface area contributed by atoms with Gasteiger partial charge in [0, 0.05) is 40.5 Å².